The smallest absolute Gasteiger partial charge is 0.137 e. The first-order chi connectivity index (χ1) is 8.47. The maximum absolute atomic E-state index is 13.5. The van der Waals surface area contributed by atoms with E-state index in [1.54, 1.807) is 6.07 Å². The highest BCUT2D eigenvalue weighted by Crippen LogP contribution is 2.25. The molecule has 0 aliphatic carbocycles. The lowest BCUT2D eigenvalue weighted by molar-refractivity contribution is 0.300. The Kier molecular flexibility index (Phi) is 6.30. The molecule has 1 rings (SSSR count). The molecule has 18 heavy (non-hydrogen) atoms. The molecule has 1 N–H and O–H groups in total. The summed E-state index contributed by atoms with van der Waals surface area (Å²) in [6.45, 7) is 9.77. The van der Waals surface area contributed by atoms with Gasteiger partial charge in [0, 0.05) is 6.04 Å². The summed E-state index contributed by atoms with van der Waals surface area (Å²) in [5, 5.41) is 3.52. The van der Waals surface area contributed by atoms with Crippen LogP contribution in [0.5, 0.6) is 0 Å². The summed E-state index contributed by atoms with van der Waals surface area (Å²) >= 11 is 3.34. The van der Waals surface area contributed by atoms with E-state index in [2.05, 4.69) is 48.9 Å². The molecule has 0 fully saturated rings. The van der Waals surface area contributed by atoms with Crippen LogP contribution in [-0.2, 0) is 6.42 Å². The van der Waals surface area contributed by atoms with Crippen molar-refractivity contribution < 1.29 is 4.39 Å². The minimum Gasteiger partial charge on any atom is -0.314 e. The van der Waals surface area contributed by atoms with E-state index in [9.17, 15) is 4.39 Å². The van der Waals surface area contributed by atoms with Crippen molar-refractivity contribution in [2.45, 2.75) is 40.2 Å². The number of halogens is 2. The number of likely N-dealkylation sites (N-methyl/N-ethyl adjacent to an activating group) is 1. The normalized spacial score (nSPS) is 14.8. The molecular formula is C15H23BrFN. The molecule has 0 saturated carbocycles. The molecule has 102 valence electrons. The lowest BCUT2D eigenvalue weighted by Crippen LogP contribution is -2.39. The van der Waals surface area contributed by atoms with E-state index < -0.39 is 0 Å². The Morgan fingerprint density at radius 3 is 2.50 bits per heavy atom. The Bertz CT molecular complexity index is 379. The van der Waals surface area contributed by atoms with Crippen LogP contribution >= 0.6 is 15.9 Å². The van der Waals surface area contributed by atoms with Gasteiger partial charge >= 0.3 is 0 Å². The largest absolute Gasteiger partial charge is 0.314 e. The third kappa shape index (κ3) is 4.06. The van der Waals surface area contributed by atoms with Gasteiger partial charge in [-0.1, -0.05) is 39.8 Å². The zero-order chi connectivity index (χ0) is 13.7. The summed E-state index contributed by atoms with van der Waals surface area (Å²) in [7, 11) is 0. The molecule has 0 aliphatic heterocycles. The number of rotatable bonds is 6. The minimum absolute atomic E-state index is 0.181. The predicted octanol–water partition coefficient (Wildman–Crippen LogP) is 4.40. The van der Waals surface area contributed by atoms with Crippen LogP contribution in [0.2, 0.25) is 0 Å². The Morgan fingerprint density at radius 1 is 1.28 bits per heavy atom. The number of hydrogen-bond donors (Lipinski definition) is 1. The van der Waals surface area contributed by atoms with Crippen LogP contribution in [0.15, 0.2) is 22.7 Å². The van der Waals surface area contributed by atoms with Gasteiger partial charge in [0.25, 0.3) is 0 Å². The molecular weight excluding hydrogens is 293 g/mol. The standard InChI is InChI=1S/C15H23BrFN/c1-5-18-14(11(4)10(2)3)9-12-7-6-8-13(17)15(12)16/h6-8,10-11,14,18H,5,9H2,1-4H3. The lowest BCUT2D eigenvalue weighted by atomic mass is 9.86. The third-order valence-corrected chi connectivity index (χ3v) is 4.51. The Balaban J connectivity index is 2.86. The first-order valence-electron chi connectivity index (χ1n) is 6.63. The molecule has 1 nitrogen and oxygen atoms in total. The highest BCUT2D eigenvalue weighted by molar-refractivity contribution is 9.10. The maximum atomic E-state index is 13.5. The predicted molar refractivity (Wildman–Crippen MR) is 79.3 cm³/mol. The van der Waals surface area contributed by atoms with Gasteiger partial charge in [-0.3, -0.25) is 0 Å². The van der Waals surface area contributed by atoms with E-state index in [-0.39, 0.29) is 5.82 Å². The van der Waals surface area contributed by atoms with E-state index in [4.69, 9.17) is 0 Å². The van der Waals surface area contributed by atoms with Gasteiger partial charge in [0.1, 0.15) is 5.82 Å². The van der Waals surface area contributed by atoms with Crippen molar-refractivity contribution in [2.24, 2.45) is 11.8 Å². The van der Waals surface area contributed by atoms with Gasteiger partial charge in [0.15, 0.2) is 0 Å². The summed E-state index contributed by atoms with van der Waals surface area (Å²) in [6.07, 6.45) is 0.853. The van der Waals surface area contributed by atoms with Crippen LogP contribution in [0, 0.1) is 17.7 Å². The van der Waals surface area contributed by atoms with E-state index in [1.807, 2.05) is 6.07 Å². The molecule has 1 aromatic rings. The fourth-order valence-electron chi connectivity index (χ4n) is 2.11. The summed E-state index contributed by atoms with van der Waals surface area (Å²) in [5.74, 6) is 0.987. The second kappa shape index (κ2) is 7.25. The van der Waals surface area contributed by atoms with Crippen LogP contribution in [0.25, 0.3) is 0 Å². The van der Waals surface area contributed by atoms with Gasteiger partial charge in [-0.25, -0.2) is 4.39 Å². The minimum atomic E-state index is -0.181. The average Bonchev–Trinajstić information content (AvgIpc) is 2.33. The molecule has 0 radical (unpaired) electrons. The van der Waals surface area contributed by atoms with Crippen molar-refractivity contribution in [1.82, 2.24) is 5.32 Å². The second-order valence-electron chi connectivity index (χ2n) is 5.18. The van der Waals surface area contributed by atoms with Crippen molar-refractivity contribution in [3.05, 3.63) is 34.1 Å². The summed E-state index contributed by atoms with van der Waals surface area (Å²) in [5.41, 5.74) is 1.04. The van der Waals surface area contributed by atoms with Crippen LogP contribution in [0.4, 0.5) is 4.39 Å². The maximum Gasteiger partial charge on any atom is 0.137 e. The Hall–Kier alpha value is -0.410. The van der Waals surface area contributed by atoms with Gasteiger partial charge in [0.2, 0.25) is 0 Å². The molecule has 1 aromatic carbocycles. The fourth-order valence-corrected chi connectivity index (χ4v) is 2.54. The topological polar surface area (TPSA) is 12.0 Å². The highest BCUT2D eigenvalue weighted by atomic mass is 79.9. The quantitative estimate of drug-likeness (QED) is 0.820. The summed E-state index contributed by atoms with van der Waals surface area (Å²) in [4.78, 5) is 0. The first kappa shape index (κ1) is 15.6. The molecule has 0 bridgehead atoms. The van der Waals surface area contributed by atoms with Crippen LogP contribution in [0.1, 0.15) is 33.3 Å². The molecule has 0 spiro atoms. The highest BCUT2D eigenvalue weighted by Gasteiger charge is 2.21. The van der Waals surface area contributed by atoms with Crippen molar-refractivity contribution in [3.63, 3.8) is 0 Å². The number of hydrogen-bond acceptors (Lipinski definition) is 1. The van der Waals surface area contributed by atoms with Crippen LogP contribution < -0.4 is 5.32 Å². The first-order valence-corrected chi connectivity index (χ1v) is 7.42. The van der Waals surface area contributed by atoms with E-state index in [0.29, 0.717) is 22.4 Å². The van der Waals surface area contributed by atoms with Gasteiger partial charge in [0.05, 0.1) is 4.47 Å². The molecule has 0 heterocycles. The van der Waals surface area contributed by atoms with Gasteiger partial charge < -0.3 is 5.32 Å². The zero-order valence-electron chi connectivity index (χ0n) is 11.6. The fraction of sp³-hybridized carbons (Fsp3) is 0.600. The van der Waals surface area contributed by atoms with Gasteiger partial charge in [-0.05, 0) is 52.4 Å². The van der Waals surface area contributed by atoms with Crippen molar-refractivity contribution in [1.29, 1.82) is 0 Å². The molecule has 0 amide bonds. The number of benzene rings is 1. The van der Waals surface area contributed by atoms with Gasteiger partial charge in [-0.2, -0.15) is 0 Å². The van der Waals surface area contributed by atoms with E-state index in [0.717, 1.165) is 18.5 Å². The van der Waals surface area contributed by atoms with Gasteiger partial charge in [-0.15, -0.1) is 0 Å². The number of nitrogens with one attached hydrogen (secondary N) is 1. The van der Waals surface area contributed by atoms with Crippen molar-refractivity contribution in [2.75, 3.05) is 6.54 Å². The Labute approximate surface area is 118 Å². The van der Waals surface area contributed by atoms with Crippen molar-refractivity contribution >= 4 is 15.9 Å². The monoisotopic (exact) mass is 315 g/mol. The molecule has 0 saturated heterocycles. The lowest BCUT2D eigenvalue weighted by Gasteiger charge is -2.28. The SMILES string of the molecule is CCNC(Cc1cccc(F)c1Br)C(C)C(C)C. The van der Waals surface area contributed by atoms with Crippen LogP contribution in [0.3, 0.4) is 0 Å². The third-order valence-electron chi connectivity index (χ3n) is 3.62. The summed E-state index contributed by atoms with van der Waals surface area (Å²) < 4.78 is 14.1. The van der Waals surface area contributed by atoms with Crippen molar-refractivity contribution in [3.8, 4) is 0 Å². The second-order valence-corrected chi connectivity index (χ2v) is 5.98. The summed E-state index contributed by atoms with van der Waals surface area (Å²) in [6, 6.07) is 5.64. The Morgan fingerprint density at radius 2 is 1.94 bits per heavy atom. The molecule has 2 unspecified atom stereocenters. The van der Waals surface area contributed by atoms with E-state index >= 15 is 0 Å². The molecule has 0 aromatic heterocycles. The molecule has 2 atom stereocenters. The molecule has 0 aliphatic rings. The average molecular weight is 316 g/mol. The molecule has 3 heteroatoms. The zero-order valence-corrected chi connectivity index (χ0v) is 13.2. The van der Waals surface area contributed by atoms with E-state index in [1.165, 1.54) is 6.07 Å². The van der Waals surface area contributed by atoms with Crippen LogP contribution in [-0.4, -0.2) is 12.6 Å².